The molecular weight excluding hydrogens is 1020 g/mol. The number of imide groups is 1. The minimum atomic E-state index is -2.14. The largest absolute Gasteiger partial charge is 0.493 e. The molecule has 2 N–H and O–H groups in total. The molecule has 7 aromatic rings. The van der Waals surface area contributed by atoms with Gasteiger partial charge < -0.3 is 39.0 Å². The van der Waals surface area contributed by atoms with E-state index in [1.807, 2.05) is 102 Å². The van der Waals surface area contributed by atoms with Gasteiger partial charge in [0.05, 0.1) is 57.1 Å². The lowest BCUT2D eigenvalue weighted by atomic mass is 9.64. The lowest BCUT2D eigenvalue weighted by Crippen LogP contribution is -2.58. The minimum absolute atomic E-state index is 0.00556. The van der Waals surface area contributed by atoms with Crippen LogP contribution in [0, 0.1) is 23.7 Å². The highest BCUT2D eigenvalue weighted by Crippen LogP contribution is 2.66. The summed E-state index contributed by atoms with van der Waals surface area (Å²) in [5.41, 5.74) is 3.71. The van der Waals surface area contributed by atoms with Gasteiger partial charge in [0.15, 0.2) is 11.5 Å². The molecule has 18 heteroatoms. The van der Waals surface area contributed by atoms with Crippen LogP contribution in [0.15, 0.2) is 140 Å². The number of ether oxygens (including phenoxy) is 5. The van der Waals surface area contributed by atoms with Crippen molar-refractivity contribution >= 4 is 46.5 Å². The van der Waals surface area contributed by atoms with Crippen LogP contribution in [0.4, 0.5) is 10.5 Å². The number of carbonyl (C=O) groups excluding carboxylic acids is 5. The van der Waals surface area contributed by atoms with Crippen LogP contribution in [-0.2, 0) is 53.6 Å². The van der Waals surface area contributed by atoms with E-state index in [9.17, 15) is 9.90 Å². The standard InChI is InChI=1S/C62H59N7O11/c1-37(2)52(58(72)78-5)63-61(75)68-47-27-22-38(15-14-29-67-48-21-13-12-20-46(48)64-65-67)33-45(47)62(60(68)74)51(57(71)66-30-28-42-34-49(76-3)50(77-4)35-43(42)36-66)54-59(73)80-55(40-18-10-7-11-19-40)53(39-16-8-6-9-17-39)69(54)56(62)41-23-25-44(26-24-41)79-32-31-70/h6-13,16-27,33-35,37,51-56,70H,28-32,36H2,1-5H3,(H,63,75)/t51-,52-,53-,54-,55+,56+,62-/m0/s1. The highest BCUT2D eigenvalue weighted by molar-refractivity contribution is 6.25. The topological polar surface area (TPSA) is 204 Å². The Morgan fingerprint density at radius 3 is 2.19 bits per heavy atom. The summed E-state index contributed by atoms with van der Waals surface area (Å²) < 4.78 is 30.8. The van der Waals surface area contributed by atoms with E-state index >= 15 is 19.2 Å². The van der Waals surface area contributed by atoms with E-state index in [1.54, 1.807) is 73.0 Å². The number of cyclic esters (lactones) is 1. The molecule has 0 radical (unpaired) electrons. The van der Waals surface area contributed by atoms with E-state index < -0.39 is 77.3 Å². The van der Waals surface area contributed by atoms with Crippen molar-refractivity contribution in [2.45, 2.75) is 69.0 Å². The number of urea groups is 1. The third-order valence-electron chi connectivity index (χ3n) is 15.8. The van der Waals surface area contributed by atoms with E-state index in [1.165, 1.54) is 14.2 Å². The molecule has 2 saturated heterocycles. The zero-order chi connectivity index (χ0) is 55.8. The predicted molar refractivity (Wildman–Crippen MR) is 293 cm³/mol. The number of benzene rings is 6. The second-order valence-corrected chi connectivity index (χ2v) is 20.5. The molecule has 1 aromatic heterocycles. The summed E-state index contributed by atoms with van der Waals surface area (Å²) in [4.78, 5) is 83.1. The molecule has 18 nitrogen and oxygen atoms in total. The number of rotatable bonds is 13. The number of aliphatic hydroxyl groups is 1. The highest BCUT2D eigenvalue weighted by atomic mass is 16.6. The van der Waals surface area contributed by atoms with Crippen LogP contribution in [0.5, 0.6) is 17.2 Å². The van der Waals surface area contributed by atoms with Gasteiger partial charge >= 0.3 is 18.0 Å². The molecule has 2 fully saturated rings. The summed E-state index contributed by atoms with van der Waals surface area (Å²) >= 11 is 0. The summed E-state index contributed by atoms with van der Waals surface area (Å²) in [5, 5.41) is 21.2. The molecule has 11 rings (SSSR count). The van der Waals surface area contributed by atoms with E-state index in [4.69, 9.17) is 23.7 Å². The molecule has 4 aliphatic rings. The van der Waals surface area contributed by atoms with Crippen LogP contribution in [0.25, 0.3) is 11.0 Å². The molecule has 0 saturated carbocycles. The Morgan fingerprint density at radius 1 is 0.812 bits per heavy atom. The molecule has 7 atom stereocenters. The quantitative estimate of drug-likeness (QED) is 0.0880. The number of morpholine rings is 1. The van der Waals surface area contributed by atoms with Gasteiger partial charge in [0, 0.05) is 18.7 Å². The monoisotopic (exact) mass is 1080 g/mol. The molecule has 0 aliphatic carbocycles. The second kappa shape index (κ2) is 22.0. The number of hydrogen-bond acceptors (Lipinski definition) is 14. The van der Waals surface area contributed by atoms with E-state index in [-0.39, 0.29) is 44.1 Å². The number of nitrogens with one attached hydrogen (secondary N) is 1. The highest BCUT2D eigenvalue weighted by Gasteiger charge is 2.76. The van der Waals surface area contributed by atoms with Crippen LogP contribution in [0.2, 0.25) is 0 Å². The number of methoxy groups -OCH3 is 3. The number of anilines is 1. The Hall–Kier alpha value is -9.05. The molecule has 0 bridgehead atoms. The van der Waals surface area contributed by atoms with Gasteiger partial charge in [-0.2, -0.15) is 0 Å². The van der Waals surface area contributed by atoms with Gasteiger partial charge in [-0.3, -0.25) is 19.3 Å². The zero-order valence-corrected chi connectivity index (χ0v) is 44.8. The normalized spacial score (nSPS) is 21.5. The van der Waals surface area contributed by atoms with Crippen molar-refractivity contribution in [3.05, 3.63) is 178 Å². The molecule has 0 unspecified atom stereocenters. The molecule has 6 aromatic carbocycles. The van der Waals surface area contributed by atoms with E-state index in [0.29, 0.717) is 45.9 Å². The summed E-state index contributed by atoms with van der Waals surface area (Å²) in [6.45, 7) is 3.65. The average molecular weight is 1080 g/mol. The number of fused-ring (bicyclic) bond motifs is 5. The van der Waals surface area contributed by atoms with Crippen molar-refractivity contribution in [1.82, 2.24) is 30.1 Å². The maximum Gasteiger partial charge on any atom is 0.329 e. The Bertz CT molecular complexity index is 3580. The molecule has 408 valence electrons. The van der Waals surface area contributed by atoms with Crippen molar-refractivity contribution in [1.29, 1.82) is 0 Å². The fourth-order valence-corrected chi connectivity index (χ4v) is 12.2. The number of para-hydroxylation sites is 1. The predicted octanol–water partition coefficient (Wildman–Crippen LogP) is 7.03. The zero-order valence-electron chi connectivity index (χ0n) is 44.8. The first kappa shape index (κ1) is 53.0. The van der Waals surface area contributed by atoms with Crippen LogP contribution < -0.4 is 24.4 Å². The second-order valence-electron chi connectivity index (χ2n) is 20.5. The summed E-state index contributed by atoms with van der Waals surface area (Å²) in [6.07, 6.45) is -0.578. The molecular formula is C62H59N7O11. The molecule has 5 heterocycles. The Balaban J connectivity index is 1.18. The summed E-state index contributed by atoms with van der Waals surface area (Å²) in [5.74, 6) is 2.99. The number of hydrogen-bond donors (Lipinski definition) is 2. The van der Waals surface area contributed by atoms with Gasteiger partial charge in [-0.25, -0.2) is 19.2 Å². The van der Waals surface area contributed by atoms with Gasteiger partial charge in [0.1, 0.15) is 48.0 Å². The van der Waals surface area contributed by atoms with Gasteiger partial charge in [0.2, 0.25) is 11.8 Å². The lowest BCUT2D eigenvalue weighted by Gasteiger charge is -2.46. The minimum Gasteiger partial charge on any atom is -0.493 e. The Kier molecular flexibility index (Phi) is 14.6. The van der Waals surface area contributed by atoms with Crippen molar-refractivity contribution in [2.24, 2.45) is 11.8 Å². The van der Waals surface area contributed by atoms with Crippen molar-refractivity contribution in [3.8, 4) is 29.1 Å². The van der Waals surface area contributed by atoms with Crippen LogP contribution >= 0.6 is 0 Å². The fraction of sp³-hybridized carbons (Fsp3) is 0.306. The first-order chi connectivity index (χ1) is 38.9. The van der Waals surface area contributed by atoms with Crippen molar-refractivity contribution in [3.63, 3.8) is 0 Å². The summed E-state index contributed by atoms with van der Waals surface area (Å²) in [7, 11) is 4.31. The number of amides is 4. The third kappa shape index (κ3) is 9.11. The van der Waals surface area contributed by atoms with Crippen LogP contribution in [-0.4, -0.2) is 113 Å². The Labute approximate surface area is 462 Å². The SMILES string of the molecule is COC(=O)[C@@H](NC(=O)N1C(=O)[C@@]2(c3cc(C#CCn4nnc5ccccc54)ccc31)[C@H](C(=O)N1CCc3cc(OC)c(OC)cc3C1)[C@H]1C(=O)O[C@H](c3ccccc3)[C@H](c3ccccc3)N1[C@@H]2c1ccc(OCCO)cc1)C(C)C. The number of nitrogens with zero attached hydrogens (tertiary/aromatic N) is 6. The molecule has 4 aliphatic heterocycles. The first-order valence-electron chi connectivity index (χ1n) is 26.5. The lowest BCUT2D eigenvalue weighted by molar-refractivity contribution is -0.179. The average Bonchev–Trinajstić information content (AvgIpc) is 1.86. The van der Waals surface area contributed by atoms with Crippen molar-refractivity contribution < 1.29 is 52.8 Å². The van der Waals surface area contributed by atoms with Gasteiger partial charge in [-0.1, -0.05) is 116 Å². The number of aliphatic hydroxyl groups excluding tert-OH is 1. The van der Waals surface area contributed by atoms with E-state index in [2.05, 4.69) is 27.5 Å². The van der Waals surface area contributed by atoms with E-state index in [0.717, 1.165) is 27.1 Å². The number of carbonyl (C=O) groups is 5. The van der Waals surface area contributed by atoms with Gasteiger partial charge in [-0.05, 0) is 100 Å². The maximum atomic E-state index is 17.1. The first-order valence-corrected chi connectivity index (χ1v) is 26.5. The molecule has 4 amide bonds. The van der Waals surface area contributed by atoms with Crippen LogP contribution in [0.1, 0.15) is 71.0 Å². The van der Waals surface area contributed by atoms with Crippen molar-refractivity contribution in [2.75, 3.05) is 46.0 Å². The van der Waals surface area contributed by atoms with Gasteiger partial charge in [0.25, 0.3) is 0 Å². The summed E-state index contributed by atoms with van der Waals surface area (Å²) in [6, 6.07) is 36.4. The number of aromatic nitrogens is 3. The molecule has 1 spiro atoms. The Morgan fingerprint density at radius 2 is 1.50 bits per heavy atom. The van der Waals surface area contributed by atoms with Gasteiger partial charge in [-0.15, -0.1) is 5.10 Å². The smallest absolute Gasteiger partial charge is 0.329 e. The maximum absolute atomic E-state index is 17.1. The fourth-order valence-electron chi connectivity index (χ4n) is 12.2. The third-order valence-corrected chi connectivity index (χ3v) is 15.8. The van der Waals surface area contributed by atoms with Crippen LogP contribution in [0.3, 0.4) is 0 Å². The number of esters is 2. The molecule has 80 heavy (non-hydrogen) atoms.